The van der Waals surface area contributed by atoms with E-state index in [1.807, 2.05) is 25.1 Å². The van der Waals surface area contributed by atoms with Crippen LogP contribution in [0.2, 0.25) is 5.02 Å². The van der Waals surface area contributed by atoms with Crippen LogP contribution in [0.4, 0.5) is 16.2 Å². The second-order valence-corrected chi connectivity index (χ2v) is 12.4. The highest BCUT2D eigenvalue weighted by Crippen LogP contribution is 2.43. The Kier molecular flexibility index (Phi) is 6.36. The van der Waals surface area contributed by atoms with E-state index < -0.39 is 5.82 Å². The van der Waals surface area contributed by atoms with Gasteiger partial charge in [0.1, 0.15) is 11.3 Å². The predicted molar refractivity (Wildman–Crippen MR) is 160 cm³/mol. The van der Waals surface area contributed by atoms with E-state index >= 15 is 4.39 Å². The lowest BCUT2D eigenvalue weighted by molar-refractivity contribution is 0.0927. The molecule has 1 saturated carbocycles. The molecule has 8 nitrogen and oxygen atoms in total. The minimum absolute atomic E-state index is 0.193. The SMILES string of the molecule is Cc1ccc2cn[nH]c2c1-c1c(Cl)cc2c(N3C[C@@H](C)NC[C@@H]3C)nc(N3CC(N(C)C4CCC4)C3)nc2c1F. The summed E-state index contributed by atoms with van der Waals surface area (Å²) in [7, 11) is 2.23. The summed E-state index contributed by atoms with van der Waals surface area (Å²) in [6, 6.07) is 7.44. The van der Waals surface area contributed by atoms with Crippen LogP contribution in [0.25, 0.3) is 32.9 Å². The summed E-state index contributed by atoms with van der Waals surface area (Å²) >= 11 is 6.93. The van der Waals surface area contributed by atoms with Crippen molar-refractivity contribution in [3.63, 3.8) is 0 Å². The highest BCUT2D eigenvalue weighted by atomic mass is 35.5. The maximum atomic E-state index is 16.8. The number of hydrogen-bond donors (Lipinski definition) is 2. The van der Waals surface area contributed by atoms with Gasteiger partial charge in [0.2, 0.25) is 5.95 Å². The molecule has 210 valence electrons. The van der Waals surface area contributed by atoms with Crippen molar-refractivity contribution in [3.05, 3.63) is 40.8 Å². The molecule has 4 aromatic rings. The third-order valence-electron chi connectivity index (χ3n) is 9.34. The van der Waals surface area contributed by atoms with Crippen LogP contribution in [0.1, 0.15) is 38.7 Å². The number of aryl methyl sites for hydroxylation is 1. The molecule has 2 aromatic carbocycles. The summed E-state index contributed by atoms with van der Waals surface area (Å²) < 4.78 is 16.8. The number of piperazine rings is 1. The Bertz CT molecular complexity index is 1590. The van der Waals surface area contributed by atoms with Gasteiger partial charge < -0.3 is 15.1 Å². The molecule has 3 fully saturated rings. The molecule has 40 heavy (non-hydrogen) atoms. The van der Waals surface area contributed by atoms with Gasteiger partial charge in [-0.15, -0.1) is 0 Å². The van der Waals surface area contributed by atoms with Crippen LogP contribution in [0.3, 0.4) is 0 Å². The molecule has 0 bridgehead atoms. The highest BCUT2D eigenvalue weighted by Gasteiger charge is 2.38. The van der Waals surface area contributed by atoms with E-state index in [-0.39, 0.29) is 12.1 Å². The maximum absolute atomic E-state index is 16.8. The Labute approximate surface area is 238 Å². The van der Waals surface area contributed by atoms with Crippen LogP contribution in [-0.4, -0.2) is 82.5 Å². The Morgan fingerprint density at radius 1 is 1.07 bits per heavy atom. The van der Waals surface area contributed by atoms with E-state index in [1.54, 1.807) is 6.20 Å². The molecule has 1 aliphatic carbocycles. The minimum atomic E-state index is -0.419. The molecule has 2 atom stereocenters. The average Bonchev–Trinajstić information content (AvgIpc) is 3.34. The van der Waals surface area contributed by atoms with Gasteiger partial charge in [0.15, 0.2) is 5.82 Å². The number of fused-ring (bicyclic) bond motifs is 2. The number of nitrogens with one attached hydrogen (secondary N) is 2. The molecule has 2 N–H and O–H groups in total. The second-order valence-electron chi connectivity index (χ2n) is 12.0. The van der Waals surface area contributed by atoms with Crippen molar-refractivity contribution in [1.29, 1.82) is 0 Å². The van der Waals surface area contributed by atoms with Crippen molar-refractivity contribution in [2.75, 3.05) is 43.0 Å². The van der Waals surface area contributed by atoms with Crippen molar-refractivity contribution >= 4 is 45.2 Å². The molecule has 0 spiro atoms. The summed E-state index contributed by atoms with van der Waals surface area (Å²) in [6.07, 6.45) is 5.62. The van der Waals surface area contributed by atoms with Gasteiger partial charge in [0, 0.05) is 72.2 Å². The zero-order valence-electron chi connectivity index (χ0n) is 23.5. The summed E-state index contributed by atoms with van der Waals surface area (Å²) in [5.41, 5.74) is 3.07. The van der Waals surface area contributed by atoms with Crippen LogP contribution >= 0.6 is 11.6 Å². The van der Waals surface area contributed by atoms with Crippen LogP contribution in [0.5, 0.6) is 0 Å². The number of halogens is 2. The fraction of sp³-hybridized carbons (Fsp3) is 0.500. The second kappa shape index (κ2) is 9.82. The normalized spacial score (nSPS) is 22.4. The standard InChI is InChI=1S/C30H36ClFN8/c1-16-8-9-19-12-34-37-27(19)24(16)25-23(31)10-22-28(26(25)32)35-30(36-29(22)40-13-17(2)33-11-18(40)3)39-14-21(15-39)38(4)20-6-5-7-20/h8-10,12,17-18,20-21,33H,5-7,11,13-15H2,1-4H3,(H,34,37)/t17-,18+/m1/s1. The molecule has 10 heteroatoms. The zero-order chi connectivity index (χ0) is 27.7. The van der Waals surface area contributed by atoms with Crippen molar-refractivity contribution in [3.8, 4) is 11.1 Å². The number of benzene rings is 2. The molecule has 2 aliphatic heterocycles. The van der Waals surface area contributed by atoms with Crippen LogP contribution in [-0.2, 0) is 0 Å². The smallest absolute Gasteiger partial charge is 0.228 e. The topological polar surface area (TPSA) is 76.2 Å². The van der Waals surface area contributed by atoms with Gasteiger partial charge >= 0.3 is 0 Å². The first-order chi connectivity index (χ1) is 19.3. The lowest BCUT2D eigenvalue weighted by Crippen LogP contribution is -2.62. The van der Waals surface area contributed by atoms with E-state index in [1.165, 1.54) is 19.3 Å². The fourth-order valence-corrected chi connectivity index (χ4v) is 6.77. The first kappa shape index (κ1) is 25.9. The van der Waals surface area contributed by atoms with Gasteiger partial charge in [-0.05, 0) is 52.3 Å². The Morgan fingerprint density at radius 2 is 1.88 bits per heavy atom. The van der Waals surface area contributed by atoms with E-state index in [0.717, 1.165) is 54.0 Å². The van der Waals surface area contributed by atoms with Crippen LogP contribution < -0.4 is 15.1 Å². The van der Waals surface area contributed by atoms with Crippen molar-refractivity contribution in [2.24, 2.45) is 0 Å². The third-order valence-corrected chi connectivity index (χ3v) is 9.63. The summed E-state index contributed by atoms with van der Waals surface area (Å²) in [5, 5.41) is 12.7. The number of hydrogen-bond acceptors (Lipinski definition) is 7. The van der Waals surface area contributed by atoms with Crippen LogP contribution in [0.15, 0.2) is 24.4 Å². The quantitative estimate of drug-likeness (QED) is 0.349. The van der Waals surface area contributed by atoms with E-state index in [0.29, 0.717) is 39.5 Å². The van der Waals surface area contributed by atoms with Crippen molar-refractivity contribution in [1.82, 2.24) is 30.4 Å². The number of H-pyrrole nitrogens is 1. The van der Waals surface area contributed by atoms with Gasteiger partial charge in [-0.2, -0.15) is 10.1 Å². The largest absolute Gasteiger partial charge is 0.350 e. The number of nitrogens with zero attached hydrogens (tertiary/aromatic N) is 6. The van der Waals surface area contributed by atoms with Gasteiger partial charge in [-0.3, -0.25) is 10.00 Å². The summed E-state index contributed by atoms with van der Waals surface area (Å²) in [4.78, 5) is 17.0. The van der Waals surface area contributed by atoms with E-state index in [9.17, 15) is 0 Å². The van der Waals surface area contributed by atoms with Crippen molar-refractivity contribution < 1.29 is 4.39 Å². The lowest BCUT2D eigenvalue weighted by atomic mass is 9.90. The molecule has 0 amide bonds. The molecule has 0 radical (unpaired) electrons. The third kappa shape index (κ3) is 4.13. The molecule has 2 aromatic heterocycles. The maximum Gasteiger partial charge on any atom is 0.228 e. The van der Waals surface area contributed by atoms with Gasteiger partial charge in [-0.1, -0.05) is 30.2 Å². The summed E-state index contributed by atoms with van der Waals surface area (Å²) in [6.45, 7) is 9.60. The minimum Gasteiger partial charge on any atom is -0.350 e. The predicted octanol–water partition coefficient (Wildman–Crippen LogP) is 5.13. The molecular formula is C30H36ClFN8. The van der Waals surface area contributed by atoms with Crippen LogP contribution in [0, 0.1) is 12.7 Å². The zero-order valence-corrected chi connectivity index (χ0v) is 24.3. The lowest BCUT2D eigenvalue weighted by Gasteiger charge is -2.49. The number of aromatic nitrogens is 4. The highest BCUT2D eigenvalue weighted by molar-refractivity contribution is 6.35. The van der Waals surface area contributed by atoms with Gasteiger partial charge in [0.25, 0.3) is 0 Å². The first-order valence-corrected chi connectivity index (χ1v) is 14.8. The average molecular weight is 563 g/mol. The van der Waals surface area contributed by atoms with E-state index in [4.69, 9.17) is 21.6 Å². The fourth-order valence-electron chi connectivity index (χ4n) is 6.48. The Morgan fingerprint density at radius 3 is 2.62 bits per heavy atom. The molecule has 2 saturated heterocycles. The number of likely N-dealkylation sites (N-methyl/N-ethyl adjacent to an activating group) is 1. The number of rotatable bonds is 5. The summed E-state index contributed by atoms with van der Waals surface area (Å²) in [5.74, 6) is 0.917. The van der Waals surface area contributed by atoms with E-state index in [2.05, 4.69) is 51.1 Å². The molecular weight excluding hydrogens is 527 g/mol. The Balaban J connectivity index is 1.37. The van der Waals surface area contributed by atoms with Gasteiger partial charge in [-0.25, -0.2) is 9.37 Å². The van der Waals surface area contributed by atoms with Crippen molar-refractivity contribution in [2.45, 2.75) is 64.2 Å². The molecule has 3 aliphatic rings. The first-order valence-electron chi connectivity index (χ1n) is 14.4. The monoisotopic (exact) mass is 562 g/mol. The van der Waals surface area contributed by atoms with Gasteiger partial charge in [0.05, 0.1) is 16.7 Å². The number of aromatic amines is 1. The molecule has 4 heterocycles. The molecule has 0 unspecified atom stereocenters. The molecule has 7 rings (SSSR count). The number of anilines is 2. The Hall–Kier alpha value is -3.01.